The lowest BCUT2D eigenvalue weighted by atomic mass is 9.87. The highest BCUT2D eigenvalue weighted by Gasteiger charge is 2.26. The molecule has 1 aliphatic heterocycles. The third-order valence-corrected chi connectivity index (χ3v) is 4.84. The summed E-state index contributed by atoms with van der Waals surface area (Å²) in [6.45, 7) is 4.83. The standard InChI is InChI=1S/C19H27N3O2/c1-2-3-9-18-20-17(21-24-18)14-22-12-10-16(11-13-22)19(23)15-7-5-4-6-8-15/h4-8,16,19,23H,2-3,9-14H2,1H3. The highest BCUT2D eigenvalue weighted by atomic mass is 16.5. The number of aryl methyl sites for hydroxylation is 1. The number of hydrogen-bond acceptors (Lipinski definition) is 5. The normalized spacial score (nSPS) is 17.9. The van der Waals surface area contributed by atoms with Crippen LogP contribution >= 0.6 is 0 Å². The van der Waals surface area contributed by atoms with Gasteiger partial charge in [-0.05, 0) is 43.8 Å². The van der Waals surface area contributed by atoms with Crippen molar-refractivity contribution in [1.82, 2.24) is 15.0 Å². The molecule has 0 amide bonds. The van der Waals surface area contributed by atoms with Crippen LogP contribution in [-0.4, -0.2) is 33.2 Å². The van der Waals surface area contributed by atoms with Crippen LogP contribution in [0, 0.1) is 5.92 Å². The van der Waals surface area contributed by atoms with Gasteiger partial charge in [0.2, 0.25) is 5.89 Å². The molecule has 1 N–H and O–H groups in total. The number of hydrogen-bond donors (Lipinski definition) is 1. The van der Waals surface area contributed by atoms with Gasteiger partial charge in [-0.25, -0.2) is 0 Å². The molecule has 1 unspecified atom stereocenters. The average molecular weight is 329 g/mol. The maximum Gasteiger partial charge on any atom is 0.226 e. The molecule has 0 bridgehead atoms. The molecule has 0 radical (unpaired) electrons. The van der Waals surface area contributed by atoms with Crippen molar-refractivity contribution >= 4 is 0 Å². The van der Waals surface area contributed by atoms with Gasteiger partial charge in [-0.15, -0.1) is 0 Å². The Balaban J connectivity index is 1.47. The topological polar surface area (TPSA) is 62.4 Å². The van der Waals surface area contributed by atoms with Crippen LogP contribution in [0.5, 0.6) is 0 Å². The summed E-state index contributed by atoms with van der Waals surface area (Å²) < 4.78 is 5.30. The first-order chi connectivity index (χ1) is 11.8. The van der Waals surface area contributed by atoms with Crippen molar-refractivity contribution in [1.29, 1.82) is 0 Å². The molecule has 130 valence electrons. The van der Waals surface area contributed by atoms with Gasteiger partial charge in [-0.3, -0.25) is 4.90 Å². The summed E-state index contributed by atoms with van der Waals surface area (Å²) in [6.07, 6.45) is 4.72. The van der Waals surface area contributed by atoms with E-state index in [1.807, 2.05) is 30.3 Å². The number of likely N-dealkylation sites (tertiary alicyclic amines) is 1. The molecule has 0 spiro atoms. The molecule has 1 fully saturated rings. The fourth-order valence-corrected chi connectivity index (χ4v) is 3.33. The van der Waals surface area contributed by atoms with Crippen LogP contribution in [0.25, 0.3) is 0 Å². The Bertz CT molecular complexity index is 606. The van der Waals surface area contributed by atoms with E-state index in [1.54, 1.807) is 0 Å². The molecule has 3 rings (SSSR count). The van der Waals surface area contributed by atoms with Gasteiger partial charge >= 0.3 is 0 Å². The van der Waals surface area contributed by atoms with Crippen LogP contribution in [0.15, 0.2) is 34.9 Å². The molecule has 2 heterocycles. The van der Waals surface area contributed by atoms with Crippen molar-refractivity contribution in [2.24, 2.45) is 5.92 Å². The Labute approximate surface area is 143 Å². The number of aromatic nitrogens is 2. The largest absolute Gasteiger partial charge is 0.388 e. The molecular weight excluding hydrogens is 302 g/mol. The smallest absolute Gasteiger partial charge is 0.226 e. The summed E-state index contributed by atoms with van der Waals surface area (Å²) in [4.78, 5) is 6.82. The highest BCUT2D eigenvalue weighted by molar-refractivity contribution is 5.18. The Hall–Kier alpha value is -1.72. The molecule has 1 aliphatic rings. The number of aliphatic hydroxyl groups is 1. The zero-order valence-electron chi connectivity index (χ0n) is 14.4. The van der Waals surface area contributed by atoms with Gasteiger partial charge in [0.1, 0.15) is 0 Å². The van der Waals surface area contributed by atoms with Crippen molar-refractivity contribution in [3.8, 4) is 0 Å². The van der Waals surface area contributed by atoms with Crippen LogP contribution in [0.4, 0.5) is 0 Å². The number of nitrogens with zero attached hydrogens (tertiary/aromatic N) is 3. The Morgan fingerprint density at radius 2 is 2.00 bits per heavy atom. The molecule has 24 heavy (non-hydrogen) atoms. The van der Waals surface area contributed by atoms with Crippen LogP contribution in [0.1, 0.15) is 56.0 Å². The van der Waals surface area contributed by atoms with E-state index in [9.17, 15) is 5.11 Å². The molecule has 2 aromatic rings. The van der Waals surface area contributed by atoms with E-state index in [-0.39, 0.29) is 6.10 Å². The molecular formula is C19H27N3O2. The number of piperidine rings is 1. The quantitative estimate of drug-likeness (QED) is 0.844. The molecule has 0 aliphatic carbocycles. The Morgan fingerprint density at radius 3 is 2.71 bits per heavy atom. The average Bonchev–Trinajstić information content (AvgIpc) is 3.08. The van der Waals surface area contributed by atoms with Crippen molar-refractivity contribution in [2.45, 2.75) is 51.7 Å². The lowest BCUT2D eigenvalue weighted by Crippen LogP contribution is -2.35. The minimum Gasteiger partial charge on any atom is -0.388 e. The van der Waals surface area contributed by atoms with E-state index in [0.29, 0.717) is 5.92 Å². The van der Waals surface area contributed by atoms with Crippen molar-refractivity contribution in [3.63, 3.8) is 0 Å². The van der Waals surface area contributed by atoms with Crippen LogP contribution in [0.2, 0.25) is 0 Å². The summed E-state index contributed by atoms with van der Waals surface area (Å²) in [7, 11) is 0. The molecule has 1 aromatic heterocycles. The van der Waals surface area contributed by atoms with Crippen molar-refractivity contribution in [2.75, 3.05) is 13.1 Å². The zero-order chi connectivity index (χ0) is 16.8. The SMILES string of the molecule is CCCCc1nc(CN2CCC(C(O)c3ccccc3)CC2)no1. The van der Waals surface area contributed by atoms with E-state index in [1.165, 1.54) is 0 Å². The number of aliphatic hydroxyl groups excluding tert-OH is 1. The predicted molar refractivity (Wildman–Crippen MR) is 92.3 cm³/mol. The number of benzene rings is 1. The third kappa shape index (κ3) is 4.42. The minimum atomic E-state index is -0.362. The first kappa shape index (κ1) is 17.1. The summed E-state index contributed by atoms with van der Waals surface area (Å²) in [5.41, 5.74) is 1.02. The summed E-state index contributed by atoms with van der Waals surface area (Å²) in [5, 5.41) is 14.6. The van der Waals surface area contributed by atoms with E-state index in [0.717, 1.165) is 69.0 Å². The third-order valence-electron chi connectivity index (χ3n) is 4.84. The highest BCUT2D eigenvalue weighted by Crippen LogP contribution is 2.30. The summed E-state index contributed by atoms with van der Waals surface area (Å²) in [6, 6.07) is 9.97. The van der Waals surface area contributed by atoms with E-state index in [4.69, 9.17) is 4.52 Å². The minimum absolute atomic E-state index is 0.328. The van der Waals surface area contributed by atoms with Gasteiger partial charge in [0.25, 0.3) is 0 Å². The monoisotopic (exact) mass is 329 g/mol. The van der Waals surface area contributed by atoms with Gasteiger partial charge in [0.05, 0.1) is 12.6 Å². The second kappa shape index (κ2) is 8.40. The van der Waals surface area contributed by atoms with Gasteiger partial charge in [0.15, 0.2) is 5.82 Å². The molecule has 0 saturated carbocycles. The summed E-state index contributed by atoms with van der Waals surface area (Å²) in [5.74, 6) is 1.86. The Kier molecular flexibility index (Phi) is 5.99. The molecule has 5 heteroatoms. The van der Waals surface area contributed by atoms with Crippen LogP contribution in [-0.2, 0) is 13.0 Å². The zero-order valence-corrected chi connectivity index (χ0v) is 14.4. The predicted octanol–water partition coefficient (Wildman–Crippen LogP) is 3.36. The van der Waals surface area contributed by atoms with Gasteiger partial charge in [0, 0.05) is 6.42 Å². The van der Waals surface area contributed by atoms with Gasteiger partial charge in [-0.2, -0.15) is 4.98 Å². The fraction of sp³-hybridized carbons (Fsp3) is 0.579. The maximum atomic E-state index is 10.5. The first-order valence-corrected chi connectivity index (χ1v) is 9.03. The number of rotatable bonds is 7. The van der Waals surface area contributed by atoms with Crippen LogP contribution < -0.4 is 0 Å². The number of unbranched alkanes of at least 4 members (excludes halogenated alkanes) is 1. The molecule has 1 aromatic carbocycles. The van der Waals surface area contributed by atoms with Crippen molar-refractivity contribution in [3.05, 3.63) is 47.6 Å². The summed E-state index contributed by atoms with van der Waals surface area (Å²) >= 11 is 0. The molecule has 1 saturated heterocycles. The van der Waals surface area contributed by atoms with Gasteiger partial charge < -0.3 is 9.63 Å². The van der Waals surface area contributed by atoms with Crippen molar-refractivity contribution < 1.29 is 9.63 Å². The lowest BCUT2D eigenvalue weighted by Gasteiger charge is -2.33. The fourth-order valence-electron chi connectivity index (χ4n) is 3.33. The Morgan fingerprint density at radius 1 is 1.25 bits per heavy atom. The molecule has 5 nitrogen and oxygen atoms in total. The second-order valence-electron chi connectivity index (χ2n) is 6.68. The van der Waals surface area contributed by atoms with E-state index < -0.39 is 0 Å². The van der Waals surface area contributed by atoms with E-state index in [2.05, 4.69) is 22.0 Å². The first-order valence-electron chi connectivity index (χ1n) is 9.03. The molecule has 1 atom stereocenters. The van der Waals surface area contributed by atoms with E-state index >= 15 is 0 Å². The second-order valence-corrected chi connectivity index (χ2v) is 6.68. The maximum absolute atomic E-state index is 10.5. The lowest BCUT2D eigenvalue weighted by molar-refractivity contribution is 0.0558. The van der Waals surface area contributed by atoms with Crippen LogP contribution in [0.3, 0.4) is 0 Å². The van der Waals surface area contributed by atoms with Gasteiger partial charge in [-0.1, -0.05) is 48.8 Å².